The fraction of sp³-hybridized carbons (Fsp3) is 0.400. The van der Waals surface area contributed by atoms with Crippen molar-refractivity contribution >= 4 is 23.2 Å². The van der Waals surface area contributed by atoms with E-state index in [-0.39, 0.29) is 5.41 Å². The van der Waals surface area contributed by atoms with Gasteiger partial charge in [-0.2, -0.15) is 0 Å². The summed E-state index contributed by atoms with van der Waals surface area (Å²) < 4.78 is 0. The first-order valence-corrected chi connectivity index (χ1v) is 4.96. The van der Waals surface area contributed by atoms with E-state index in [2.05, 4.69) is 12.7 Å². The molecular weight excluding hydrogens is 191 g/mol. The van der Waals surface area contributed by atoms with Gasteiger partial charge in [0.15, 0.2) is 0 Å². The Morgan fingerprint density at radius 2 is 2.33 bits per heavy atom. The van der Waals surface area contributed by atoms with E-state index in [1.54, 1.807) is 0 Å². The van der Waals surface area contributed by atoms with Crippen molar-refractivity contribution in [3.8, 4) is 0 Å². The van der Waals surface area contributed by atoms with Crippen molar-refractivity contribution in [2.75, 3.05) is 11.8 Å². The van der Waals surface area contributed by atoms with Gasteiger partial charge in [-0.25, -0.2) is 0 Å². The fourth-order valence-corrected chi connectivity index (χ4v) is 1.77. The summed E-state index contributed by atoms with van der Waals surface area (Å²) in [5, 5.41) is 0. The van der Waals surface area contributed by atoms with E-state index in [9.17, 15) is 0 Å². The second-order valence-electron chi connectivity index (χ2n) is 3.07. The Morgan fingerprint density at radius 3 is 2.83 bits per heavy atom. The summed E-state index contributed by atoms with van der Waals surface area (Å²) in [6, 6.07) is 0. The van der Waals surface area contributed by atoms with E-state index in [1.807, 2.05) is 18.2 Å². The second-order valence-corrected chi connectivity index (χ2v) is 3.60. The molecule has 0 fully saturated rings. The molecule has 0 nitrogen and oxygen atoms in total. The Bertz CT molecular complexity index is 228. The van der Waals surface area contributed by atoms with Crippen molar-refractivity contribution in [2.24, 2.45) is 5.41 Å². The Hall–Kier alpha value is -0.200. The van der Waals surface area contributed by atoms with Crippen molar-refractivity contribution in [1.29, 1.82) is 0 Å². The van der Waals surface area contributed by atoms with Crippen LogP contribution in [0.5, 0.6) is 0 Å². The predicted octanol–water partition coefficient (Wildman–Crippen LogP) is 3.52. The lowest BCUT2D eigenvalue weighted by Gasteiger charge is -2.27. The first-order chi connectivity index (χ1) is 5.76. The molecule has 0 aromatic heterocycles. The number of allylic oxidation sites excluding steroid dienone is 5. The van der Waals surface area contributed by atoms with Gasteiger partial charge in [0.1, 0.15) is 0 Å². The smallest absolute Gasteiger partial charge is 0.0437 e. The summed E-state index contributed by atoms with van der Waals surface area (Å²) in [6.45, 7) is 3.79. The summed E-state index contributed by atoms with van der Waals surface area (Å²) in [6.07, 6.45) is 8.94. The van der Waals surface area contributed by atoms with Crippen LogP contribution in [0.25, 0.3) is 0 Å². The maximum absolute atomic E-state index is 5.87. The highest BCUT2D eigenvalue weighted by Gasteiger charge is 2.24. The van der Waals surface area contributed by atoms with Crippen molar-refractivity contribution in [1.82, 2.24) is 0 Å². The quantitative estimate of drug-likeness (QED) is 0.486. The highest BCUT2D eigenvalue weighted by molar-refractivity contribution is 6.19. The molecule has 0 N–H and O–H groups in total. The Balaban J connectivity index is 2.80. The molecular formula is C10H12Cl2. The minimum absolute atomic E-state index is 0.0689. The van der Waals surface area contributed by atoms with E-state index >= 15 is 0 Å². The number of hydrogen-bond acceptors (Lipinski definition) is 0. The summed E-state index contributed by atoms with van der Waals surface area (Å²) in [5.74, 6) is 1.15. The molecule has 0 saturated heterocycles. The van der Waals surface area contributed by atoms with Gasteiger partial charge < -0.3 is 0 Å². The SMILES string of the molecule is C=CC1(CCl)C=CC=C(CCl)C1. The zero-order chi connectivity index (χ0) is 9.03. The summed E-state index contributed by atoms with van der Waals surface area (Å²) in [7, 11) is 0. The molecule has 0 heterocycles. The first-order valence-electron chi connectivity index (χ1n) is 3.89. The van der Waals surface area contributed by atoms with Gasteiger partial charge in [-0.05, 0) is 6.42 Å². The average molecular weight is 203 g/mol. The molecule has 0 saturated carbocycles. The lowest BCUT2D eigenvalue weighted by molar-refractivity contribution is 0.548. The lowest BCUT2D eigenvalue weighted by Crippen LogP contribution is -2.20. The molecule has 0 bridgehead atoms. The standard InChI is InChI=1S/C10H12Cl2/c1-2-10(8-12)5-3-4-9(6-10)7-11/h2-5H,1,6-8H2. The van der Waals surface area contributed by atoms with Crippen molar-refractivity contribution in [3.05, 3.63) is 36.5 Å². The monoisotopic (exact) mass is 202 g/mol. The average Bonchev–Trinajstić information content (AvgIpc) is 2.18. The third kappa shape index (κ3) is 1.94. The highest BCUT2D eigenvalue weighted by atomic mass is 35.5. The van der Waals surface area contributed by atoms with Crippen LogP contribution in [0.2, 0.25) is 0 Å². The Kier molecular flexibility index (Phi) is 3.42. The van der Waals surface area contributed by atoms with Gasteiger partial charge in [0.2, 0.25) is 0 Å². The molecule has 1 aliphatic carbocycles. The van der Waals surface area contributed by atoms with Gasteiger partial charge in [0.05, 0.1) is 0 Å². The molecule has 66 valence electrons. The van der Waals surface area contributed by atoms with Gasteiger partial charge in [0, 0.05) is 17.2 Å². The molecule has 0 aromatic carbocycles. The van der Waals surface area contributed by atoms with Crippen LogP contribution in [0.3, 0.4) is 0 Å². The lowest BCUT2D eigenvalue weighted by atomic mass is 9.80. The van der Waals surface area contributed by atoms with E-state index in [4.69, 9.17) is 23.2 Å². The van der Waals surface area contributed by atoms with Gasteiger partial charge in [-0.3, -0.25) is 0 Å². The molecule has 1 rings (SSSR count). The molecule has 0 aromatic rings. The van der Waals surface area contributed by atoms with Crippen LogP contribution in [0, 0.1) is 5.41 Å². The van der Waals surface area contributed by atoms with Gasteiger partial charge in [-0.1, -0.05) is 29.9 Å². The number of alkyl halides is 2. The minimum atomic E-state index is -0.0689. The number of hydrogen-bond donors (Lipinski definition) is 0. The minimum Gasteiger partial charge on any atom is -0.125 e. The van der Waals surface area contributed by atoms with Gasteiger partial charge in [-0.15, -0.1) is 29.8 Å². The van der Waals surface area contributed by atoms with E-state index in [1.165, 1.54) is 5.57 Å². The third-order valence-electron chi connectivity index (χ3n) is 2.14. The van der Waals surface area contributed by atoms with Crippen LogP contribution >= 0.6 is 23.2 Å². The van der Waals surface area contributed by atoms with E-state index < -0.39 is 0 Å². The molecule has 0 amide bonds. The van der Waals surface area contributed by atoms with Crippen LogP contribution in [-0.2, 0) is 0 Å². The largest absolute Gasteiger partial charge is 0.125 e. The van der Waals surface area contributed by atoms with Crippen LogP contribution < -0.4 is 0 Å². The van der Waals surface area contributed by atoms with Crippen molar-refractivity contribution in [2.45, 2.75) is 6.42 Å². The molecule has 0 spiro atoms. The van der Waals surface area contributed by atoms with Crippen LogP contribution in [-0.4, -0.2) is 11.8 Å². The normalized spacial score (nSPS) is 28.3. The summed E-state index contributed by atoms with van der Waals surface area (Å²) in [5.41, 5.74) is 1.15. The molecule has 0 aliphatic heterocycles. The molecule has 1 unspecified atom stereocenters. The Labute approximate surface area is 83.6 Å². The van der Waals surface area contributed by atoms with Crippen LogP contribution in [0.1, 0.15) is 6.42 Å². The van der Waals surface area contributed by atoms with E-state index in [0.717, 1.165) is 6.42 Å². The zero-order valence-electron chi connectivity index (χ0n) is 6.89. The third-order valence-corrected chi connectivity index (χ3v) is 2.98. The van der Waals surface area contributed by atoms with Crippen LogP contribution in [0.4, 0.5) is 0 Å². The van der Waals surface area contributed by atoms with Gasteiger partial charge >= 0.3 is 0 Å². The number of halogens is 2. The molecule has 0 radical (unpaired) electrons. The maximum Gasteiger partial charge on any atom is 0.0437 e. The molecule has 2 heteroatoms. The second kappa shape index (κ2) is 4.15. The summed E-state index contributed by atoms with van der Waals surface area (Å²) >= 11 is 11.6. The van der Waals surface area contributed by atoms with E-state index in [0.29, 0.717) is 11.8 Å². The predicted molar refractivity (Wildman–Crippen MR) is 55.9 cm³/mol. The van der Waals surface area contributed by atoms with Crippen molar-refractivity contribution < 1.29 is 0 Å². The fourth-order valence-electron chi connectivity index (χ4n) is 1.29. The highest BCUT2D eigenvalue weighted by Crippen LogP contribution is 2.34. The van der Waals surface area contributed by atoms with Crippen molar-refractivity contribution in [3.63, 3.8) is 0 Å². The molecule has 1 atom stereocenters. The first kappa shape index (κ1) is 9.88. The van der Waals surface area contributed by atoms with Gasteiger partial charge in [0.25, 0.3) is 0 Å². The molecule has 12 heavy (non-hydrogen) atoms. The Morgan fingerprint density at radius 1 is 1.58 bits per heavy atom. The topological polar surface area (TPSA) is 0 Å². The summed E-state index contributed by atoms with van der Waals surface area (Å²) in [4.78, 5) is 0. The maximum atomic E-state index is 5.87. The molecule has 1 aliphatic rings. The number of rotatable bonds is 3. The zero-order valence-corrected chi connectivity index (χ0v) is 8.41. The van der Waals surface area contributed by atoms with Crippen LogP contribution in [0.15, 0.2) is 36.5 Å².